The van der Waals surface area contributed by atoms with Crippen LogP contribution in [0.25, 0.3) is 0 Å². The second-order valence-electron chi connectivity index (χ2n) is 6.42. The topological polar surface area (TPSA) is 101 Å². The summed E-state index contributed by atoms with van der Waals surface area (Å²) in [5.74, 6) is -3.01. The van der Waals surface area contributed by atoms with Gasteiger partial charge >= 0.3 is 11.9 Å². The lowest BCUT2D eigenvalue weighted by molar-refractivity contribution is -0.157. The summed E-state index contributed by atoms with van der Waals surface area (Å²) >= 11 is 0. The Hall–Kier alpha value is -1.88. The Morgan fingerprint density at radius 1 is 0.875 bits per heavy atom. The average molecular weight is 335 g/mol. The molecule has 1 aromatic rings. The number of rotatable bonds is 12. The van der Waals surface area contributed by atoms with Crippen LogP contribution in [-0.4, -0.2) is 27.7 Å². The minimum Gasteiger partial charge on any atom is -0.479 e. The van der Waals surface area contributed by atoms with Gasteiger partial charge in [0.05, 0.1) is 0 Å². The molecular weight excluding hydrogens is 306 g/mol. The van der Waals surface area contributed by atoms with Crippen molar-refractivity contribution in [2.24, 2.45) is 5.73 Å². The molecule has 0 radical (unpaired) electrons. The molecule has 0 fully saturated rings. The van der Waals surface area contributed by atoms with Gasteiger partial charge in [-0.2, -0.15) is 0 Å². The van der Waals surface area contributed by atoms with E-state index in [9.17, 15) is 9.59 Å². The number of carboxylic acid groups (broad SMARTS) is 2. The molecule has 24 heavy (non-hydrogen) atoms. The van der Waals surface area contributed by atoms with Crippen LogP contribution < -0.4 is 5.73 Å². The molecule has 0 bridgehead atoms. The fourth-order valence-corrected chi connectivity index (χ4v) is 2.63. The molecule has 0 atom stereocenters. The van der Waals surface area contributed by atoms with Crippen molar-refractivity contribution in [3.63, 3.8) is 0 Å². The van der Waals surface area contributed by atoms with Gasteiger partial charge in [-0.05, 0) is 36.8 Å². The molecule has 0 aromatic heterocycles. The van der Waals surface area contributed by atoms with Crippen LogP contribution in [-0.2, 0) is 22.4 Å². The van der Waals surface area contributed by atoms with E-state index in [0.29, 0.717) is 6.42 Å². The average Bonchev–Trinajstić information content (AvgIpc) is 2.56. The molecule has 0 spiro atoms. The van der Waals surface area contributed by atoms with Crippen LogP contribution in [0.1, 0.15) is 63.0 Å². The van der Waals surface area contributed by atoms with Crippen molar-refractivity contribution in [1.82, 2.24) is 0 Å². The third kappa shape index (κ3) is 6.32. The zero-order valence-corrected chi connectivity index (χ0v) is 14.5. The molecule has 0 aliphatic rings. The molecule has 4 N–H and O–H groups in total. The van der Waals surface area contributed by atoms with Crippen LogP contribution in [0.3, 0.4) is 0 Å². The first-order chi connectivity index (χ1) is 11.4. The van der Waals surface area contributed by atoms with Gasteiger partial charge in [-0.1, -0.05) is 63.3 Å². The van der Waals surface area contributed by atoms with Gasteiger partial charge in [0, 0.05) is 0 Å². The lowest BCUT2D eigenvalue weighted by Gasteiger charge is -2.19. The molecule has 0 aliphatic carbocycles. The molecule has 0 saturated carbocycles. The molecule has 134 valence electrons. The van der Waals surface area contributed by atoms with E-state index >= 15 is 0 Å². The van der Waals surface area contributed by atoms with Crippen LogP contribution in [0.4, 0.5) is 0 Å². The van der Waals surface area contributed by atoms with Crippen molar-refractivity contribution in [2.75, 3.05) is 0 Å². The van der Waals surface area contributed by atoms with Crippen molar-refractivity contribution in [3.05, 3.63) is 35.4 Å². The van der Waals surface area contributed by atoms with E-state index < -0.39 is 17.5 Å². The summed E-state index contributed by atoms with van der Waals surface area (Å²) in [7, 11) is 0. The van der Waals surface area contributed by atoms with Crippen molar-refractivity contribution in [3.8, 4) is 0 Å². The predicted molar refractivity (Wildman–Crippen MR) is 94.0 cm³/mol. The van der Waals surface area contributed by atoms with Gasteiger partial charge < -0.3 is 15.9 Å². The first-order valence-electron chi connectivity index (χ1n) is 8.73. The fraction of sp³-hybridized carbons (Fsp3) is 0.579. The second kappa shape index (κ2) is 10.1. The van der Waals surface area contributed by atoms with E-state index in [2.05, 4.69) is 6.92 Å². The third-order valence-corrected chi connectivity index (χ3v) is 4.41. The third-order valence-electron chi connectivity index (χ3n) is 4.41. The van der Waals surface area contributed by atoms with Crippen LogP contribution in [0.2, 0.25) is 0 Å². The maximum atomic E-state index is 11.0. The van der Waals surface area contributed by atoms with Gasteiger partial charge in [0.2, 0.25) is 5.54 Å². The number of aliphatic carboxylic acids is 2. The number of nitrogens with two attached hydrogens (primary N) is 1. The van der Waals surface area contributed by atoms with E-state index in [1.807, 2.05) is 24.3 Å². The number of aryl methyl sites for hydroxylation is 2. The molecule has 1 rings (SSSR count). The summed E-state index contributed by atoms with van der Waals surface area (Å²) in [4.78, 5) is 22.1. The van der Waals surface area contributed by atoms with Crippen molar-refractivity contribution in [1.29, 1.82) is 0 Å². The van der Waals surface area contributed by atoms with Crippen molar-refractivity contribution in [2.45, 2.75) is 70.3 Å². The largest absolute Gasteiger partial charge is 0.479 e. The molecule has 5 nitrogen and oxygen atoms in total. The monoisotopic (exact) mass is 335 g/mol. The standard InChI is InChI=1S/C19H29NO4/c1-2-3-4-5-6-7-8-15-9-11-16(12-10-15)13-14-19(20,17(21)22)18(23)24/h9-12H,2-8,13-14,20H2,1H3,(H,21,22)(H,23,24). The number of hydrogen-bond donors (Lipinski definition) is 3. The van der Waals surface area contributed by atoms with Crippen molar-refractivity contribution >= 4 is 11.9 Å². The van der Waals surface area contributed by atoms with E-state index in [0.717, 1.165) is 12.0 Å². The molecule has 5 heteroatoms. The highest BCUT2D eigenvalue weighted by Gasteiger charge is 2.41. The van der Waals surface area contributed by atoms with Crippen molar-refractivity contribution < 1.29 is 19.8 Å². The normalized spacial score (nSPS) is 11.4. The molecule has 0 saturated heterocycles. The minimum atomic E-state index is -2.23. The Morgan fingerprint density at radius 2 is 1.33 bits per heavy atom. The number of carbonyl (C=O) groups is 2. The summed E-state index contributed by atoms with van der Waals surface area (Å²) in [5, 5.41) is 18.0. The highest BCUT2D eigenvalue weighted by Crippen LogP contribution is 2.15. The number of hydrogen-bond acceptors (Lipinski definition) is 3. The van der Waals surface area contributed by atoms with E-state index in [1.54, 1.807) is 0 Å². The Bertz CT molecular complexity index is 511. The summed E-state index contributed by atoms with van der Waals surface area (Å²) in [6, 6.07) is 7.91. The van der Waals surface area contributed by atoms with Crippen LogP contribution in [0, 0.1) is 0 Å². The van der Waals surface area contributed by atoms with Gasteiger partial charge in [-0.15, -0.1) is 0 Å². The Balaban J connectivity index is 2.42. The maximum absolute atomic E-state index is 11.0. The van der Waals surface area contributed by atoms with E-state index in [4.69, 9.17) is 15.9 Å². The molecule has 0 unspecified atom stereocenters. The first-order valence-corrected chi connectivity index (χ1v) is 8.73. The van der Waals surface area contributed by atoms with E-state index in [-0.39, 0.29) is 6.42 Å². The van der Waals surface area contributed by atoms with Gasteiger partial charge in [-0.3, -0.25) is 0 Å². The molecule has 1 aromatic carbocycles. The first kappa shape index (κ1) is 20.2. The predicted octanol–water partition coefficient (Wildman–Crippen LogP) is 3.39. The van der Waals surface area contributed by atoms with Crippen LogP contribution in [0.5, 0.6) is 0 Å². The van der Waals surface area contributed by atoms with Gasteiger partial charge in [-0.25, -0.2) is 9.59 Å². The smallest absolute Gasteiger partial charge is 0.335 e. The number of unbranched alkanes of at least 4 members (excludes halogenated alkanes) is 5. The van der Waals surface area contributed by atoms with Crippen LogP contribution >= 0.6 is 0 Å². The number of benzene rings is 1. The highest BCUT2D eigenvalue weighted by atomic mass is 16.4. The molecule has 0 heterocycles. The summed E-state index contributed by atoms with van der Waals surface area (Å²) in [5.41, 5.74) is 5.41. The molecular formula is C19H29NO4. The summed E-state index contributed by atoms with van der Waals surface area (Å²) < 4.78 is 0. The molecule has 0 aliphatic heterocycles. The summed E-state index contributed by atoms with van der Waals surface area (Å²) in [6.07, 6.45) is 8.82. The molecule has 0 amide bonds. The van der Waals surface area contributed by atoms with Gasteiger partial charge in [0.25, 0.3) is 0 Å². The zero-order chi connectivity index (χ0) is 18.0. The lowest BCUT2D eigenvalue weighted by Crippen LogP contribution is -2.55. The lowest BCUT2D eigenvalue weighted by atomic mass is 9.92. The zero-order valence-electron chi connectivity index (χ0n) is 14.5. The minimum absolute atomic E-state index is 0.131. The van der Waals surface area contributed by atoms with Gasteiger partial charge in [0.1, 0.15) is 0 Å². The second-order valence-corrected chi connectivity index (χ2v) is 6.42. The van der Waals surface area contributed by atoms with Gasteiger partial charge in [0.15, 0.2) is 0 Å². The summed E-state index contributed by atoms with van der Waals surface area (Å²) in [6.45, 7) is 2.21. The SMILES string of the molecule is CCCCCCCCc1ccc(CCC(N)(C(=O)O)C(=O)O)cc1. The highest BCUT2D eigenvalue weighted by molar-refractivity contribution is 6.02. The Labute approximate surface area is 143 Å². The van der Waals surface area contributed by atoms with E-state index in [1.165, 1.54) is 44.1 Å². The fourth-order valence-electron chi connectivity index (χ4n) is 2.63. The van der Waals surface area contributed by atoms with Crippen LogP contribution in [0.15, 0.2) is 24.3 Å². The quantitative estimate of drug-likeness (QED) is 0.401. The Kier molecular flexibility index (Phi) is 8.47. The maximum Gasteiger partial charge on any atom is 0.335 e. The Morgan fingerprint density at radius 3 is 1.83 bits per heavy atom. The number of carboxylic acids is 2.